The molecular formula is C17H13FN4O2. The zero-order chi connectivity index (χ0) is 17.1. The van der Waals surface area contributed by atoms with Crippen molar-refractivity contribution in [3.05, 3.63) is 71.7 Å². The molecule has 2 aromatic carbocycles. The number of halogens is 1. The number of hydrazine groups is 1. The number of carbonyl (C=O) groups excluding carboxylic acids is 2. The number of para-hydroxylation sites is 1. The number of hydrogen-bond acceptors (Lipinski definition) is 4. The summed E-state index contributed by atoms with van der Waals surface area (Å²) >= 11 is 0. The Hall–Kier alpha value is -3.48. The molecule has 1 aromatic heterocycles. The van der Waals surface area contributed by atoms with E-state index in [1.807, 2.05) is 6.07 Å². The Morgan fingerprint density at radius 2 is 1.62 bits per heavy atom. The van der Waals surface area contributed by atoms with Gasteiger partial charge in [-0.1, -0.05) is 18.2 Å². The summed E-state index contributed by atoms with van der Waals surface area (Å²) < 4.78 is 12.8. The standard InChI is InChI=1S/C17H13FN4O2/c18-11-7-5-10(6-8-11)16(23)21-22-17(24)13-9-20-14-4-2-1-3-12(14)15(13)19/h1-9H,(H2,19,20)(H,21,23)(H,22,24). The Kier molecular flexibility index (Phi) is 4.07. The molecule has 4 N–H and O–H groups in total. The number of benzene rings is 2. The van der Waals surface area contributed by atoms with E-state index in [1.165, 1.54) is 18.3 Å². The zero-order valence-electron chi connectivity index (χ0n) is 12.4. The van der Waals surface area contributed by atoms with Gasteiger partial charge >= 0.3 is 0 Å². The average Bonchev–Trinajstić information content (AvgIpc) is 2.60. The molecule has 3 aromatic rings. The van der Waals surface area contributed by atoms with Crippen molar-refractivity contribution in [3.63, 3.8) is 0 Å². The van der Waals surface area contributed by atoms with Crippen LogP contribution < -0.4 is 16.6 Å². The van der Waals surface area contributed by atoms with Gasteiger partial charge in [0.15, 0.2) is 0 Å². The van der Waals surface area contributed by atoms with Crippen LogP contribution in [0.2, 0.25) is 0 Å². The number of nitrogens with one attached hydrogen (secondary N) is 2. The number of carbonyl (C=O) groups is 2. The fourth-order valence-corrected chi connectivity index (χ4v) is 2.20. The monoisotopic (exact) mass is 324 g/mol. The molecule has 0 fully saturated rings. The number of nitrogens with zero attached hydrogens (tertiary/aromatic N) is 1. The van der Waals surface area contributed by atoms with E-state index in [9.17, 15) is 14.0 Å². The van der Waals surface area contributed by atoms with E-state index >= 15 is 0 Å². The van der Waals surface area contributed by atoms with Gasteiger partial charge in [-0.25, -0.2) is 4.39 Å². The van der Waals surface area contributed by atoms with Crippen LogP contribution in [0.15, 0.2) is 54.7 Å². The van der Waals surface area contributed by atoms with E-state index in [0.29, 0.717) is 10.9 Å². The summed E-state index contributed by atoms with van der Waals surface area (Å²) in [5.41, 5.74) is 11.8. The lowest BCUT2D eigenvalue weighted by molar-refractivity contribution is 0.0847. The highest BCUT2D eigenvalue weighted by molar-refractivity contribution is 6.07. The van der Waals surface area contributed by atoms with E-state index < -0.39 is 17.6 Å². The van der Waals surface area contributed by atoms with Gasteiger partial charge in [-0.05, 0) is 30.3 Å². The number of nitrogens with two attached hydrogens (primary N) is 1. The van der Waals surface area contributed by atoms with Crippen LogP contribution in [0.3, 0.4) is 0 Å². The molecule has 7 heteroatoms. The molecule has 0 atom stereocenters. The lowest BCUT2D eigenvalue weighted by atomic mass is 10.1. The second-order valence-electron chi connectivity index (χ2n) is 5.02. The highest BCUT2D eigenvalue weighted by atomic mass is 19.1. The maximum atomic E-state index is 12.8. The largest absolute Gasteiger partial charge is 0.397 e. The third-order valence-corrected chi connectivity index (χ3v) is 3.46. The molecule has 24 heavy (non-hydrogen) atoms. The number of anilines is 1. The molecular weight excluding hydrogens is 311 g/mol. The Morgan fingerprint density at radius 1 is 0.958 bits per heavy atom. The summed E-state index contributed by atoms with van der Waals surface area (Å²) in [6.45, 7) is 0. The van der Waals surface area contributed by atoms with E-state index in [2.05, 4.69) is 15.8 Å². The average molecular weight is 324 g/mol. The number of rotatable bonds is 2. The maximum absolute atomic E-state index is 12.8. The lowest BCUT2D eigenvalue weighted by Crippen LogP contribution is -2.41. The molecule has 0 aliphatic rings. The van der Waals surface area contributed by atoms with E-state index in [1.54, 1.807) is 18.2 Å². The van der Waals surface area contributed by atoms with Crippen molar-refractivity contribution in [1.29, 1.82) is 0 Å². The second-order valence-corrected chi connectivity index (χ2v) is 5.02. The van der Waals surface area contributed by atoms with Crippen molar-refractivity contribution in [2.24, 2.45) is 0 Å². The summed E-state index contributed by atoms with van der Waals surface area (Å²) in [4.78, 5) is 28.2. The van der Waals surface area contributed by atoms with Gasteiger partial charge in [-0.2, -0.15) is 0 Å². The summed E-state index contributed by atoms with van der Waals surface area (Å²) in [6.07, 6.45) is 1.34. The Balaban J connectivity index is 1.74. The van der Waals surface area contributed by atoms with Gasteiger partial charge in [0.25, 0.3) is 11.8 Å². The fourth-order valence-electron chi connectivity index (χ4n) is 2.20. The van der Waals surface area contributed by atoms with Crippen molar-refractivity contribution in [3.8, 4) is 0 Å². The summed E-state index contributed by atoms with van der Waals surface area (Å²) in [6, 6.07) is 12.1. The van der Waals surface area contributed by atoms with Gasteiger partial charge in [0.1, 0.15) is 5.82 Å². The van der Waals surface area contributed by atoms with Gasteiger partial charge < -0.3 is 5.73 Å². The Bertz CT molecular complexity index is 926. The maximum Gasteiger partial charge on any atom is 0.273 e. The minimum Gasteiger partial charge on any atom is -0.397 e. The van der Waals surface area contributed by atoms with Crippen molar-refractivity contribution >= 4 is 28.4 Å². The molecule has 1 heterocycles. The van der Waals surface area contributed by atoms with E-state index in [-0.39, 0.29) is 16.8 Å². The molecule has 120 valence electrons. The number of nitrogen functional groups attached to an aromatic ring is 1. The predicted molar refractivity (Wildman–Crippen MR) is 87.5 cm³/mol. The van der Waals surface area contributed by atoms with Crippen LogP contribution in [-0.2, 0) is 0 Å². The second kappa shape index (κ2) is 6.33. The molecule has 0 spiro atoms. The smallest absolute Gasteiger partial charge is 0.273 e. The van der Waals surface area contributed by atoms with Crippen molar-refractivity contribution in [2.75, 3.05) is 5.73 Å². The third-order valence-electron chi connectivity index (χ3n) is 3.46. The zero-order valence-corrected chi connectivity index (χ0v) is 12.4. The van der Waals surface area contributed by atoms with Crippen LogP contribution in [0, 0.1) is 5.82 Å². The van der Waals surface area contributed by atoms with Gasteiger partial charge in [-0.15, -0.1) is 0 Å². The summed E-state index contributed by atoms with van der Waals surface area (Å²) in [5, 5.41) is 0.648. The number of fused-ring (bicyclic) bond motifs is 1. The van der Waals surface area contributed by atoms with E-state index in [4.69, 9.17) is 5.73 Å². The molecule has 0 aliphatic heterocycles. The first-order valence-electron chi connectivity index (χ1n) is 7.06. The quantitative estimate of drug-likeness (QED) is 0.628. The SMILES string of the molecule is Nc1c(C(=O)NNC(=O)c2ccc(F)cc2)cnc2ccccc12. The van der Waals surface area contributed by atoms with Crippen LogP contribution in [0.1, 0.15) is 20.7 Å². The molecule has 0 saturated heterocycles. The number of pyridine rings is 1. The van der Waals surface area contributed by atoms with Gasteiger partial charge in [0.2, 0.25) is 0 Å². The molecule has 3 rings (SSSR count). The molecule has 0 bridgehead atoms. The topological polar surface area (TPSA) is 97.1 Å². The molecule has 0 aliphatic carbocycles. The lowest BCUT2D eigenvalue weighted by Gasteiger charge is -2.10. The van der Waals surface area contributed by atoms with Gasteiger partial charge in [0, 0.05) is 17.1 Å². The fraction of sp³-hybridized carbons (Fsp3) is 0. The Labute approximate surface area is 136 Å². The number of amides is 2. The molecule has 0 radical (unpaired) electrons. The molecule has 0 saturated carbocycles. The van der Waals surface area contributed by atoms with Crippen LogP contribution in [0.4, 0.5) is 10.1 Å². The van der Waals surface area contributed by atoms with Gasteiger partial charge in [0.05, 0.1) is 16.8 Å². The normalized spacial score (nSPS) is 10.4. The van der Waals surface area contributed by atoms with Crippen molar-refractivity contribution in [1.82, 2.24) is 15.8 Å². The van der Waals surface area contributed by atoms with E-state index in [0.717, 1.165) is 12.1 Å². The first-order valence-corrected chi connectivity index (χ1v) is 7.06. The minimum atomic E-state index is -0.596. The minimum absolute atomic E-state index is 0.146. The highest BCUT2D eigenvalue weighted by Crippen LogP contribution is 2.22. The predicted octanol–water partition coefficient (Wildman–Crippen LogP) is 2.03. The van der Waals surface area contributed by atoms with Crippen molar-refractivity contribution in [2.45, 2.75) is 0 Å². The number of aromatic nitrogens is 1. The van der Waals surface area contributed by atoms with Crippen LogP contribution in [-0.4, -0.2) is 16.8 Å². The molecule has 2 amide bonds. The first-order chi connectivity index (χ1) is 11.6. The van der Waals surface area contributed by atoms with Crippen molar-refractivity contribution < 1.29 is 14.0 Å². The summed E-state index contributed by atoms with van der Waals surface area (Å²) in [5.74, 6) is -1.62. The van der Waals surface area contributed by atoms with Crippen LogP contribution >= 0.6 is 0 Å². The first kappa shape index (κ1) is 15.4. The third kappa shape index (κ3) is 3.00. The van der Waals surface area contributed by atoms with Crippen LogP contribution in [0.5, 0.6) is 0 Å². The Morgan fingerprint density at radius 3 is 2.38 bits per heavy atom. The van der Waals surface area contributed by atoms with Gasteiger partial charge in [-0.3, -0.25) is 25.4 Å². The summed E-state index contributed by atoms with van der Waals surface area (Å²) in [7, 11) is 0. The highest BCUT2D eigenvalue weighted by Gasteiger charge is 2.14. The molecule has 6 nitrogen and oxygen atoms in total. The molecule has 0 unspecified atom stereocenters. The number of hydrogen-bond donors (Lipinski definition) is 3. The van der Waals surface area contributed by atoms with Crippen LogP contribution in [0.25, 0.3) is 10.9 Å².